The van der Waals surface area contributed by atoms with Gasteiger partial charge in [-0.25, -0.2) is 4.79 Å². The number of benzene rings is 1. The molecule has 1 aliphatic rings. The van der Waals surface area contributed by atoms with Crippen molar-refractivity contribution in [3.8, 4) is 0 Å². The van der Waals surface area contributed by atoms with Crippen molar-refractivity contribution in [3.05, 3.63) is 41.6 Å². The fraction of sp³-hybridized carbons (Fsp3) is 0.375. The predicted molar refractivity (Wildman–Crippen MR) is 74.3 cm³/mol. The summed E-state index contributed by atoms with van der Waals surface area (Å²) >= 11 is 0. The Balaban J connectivity index is 2.17. The minimum Gasteiger partial charge on any atom is -0.465 e. The van der Waals surface area contributed by atoms with Crippen LogP contribution in [-0.4, -0.2) is 18.1 Å². The molecule has 3 nitrogen and oxygen atoms in total. The smallest absolute Gasteiger partial charge is 0.339 e. The third-order valence-corrected chi connectivity index (χ3v) is 3.90. The van der Waals surface area contributed by atoms with Crippen LogP contribution in [0.5, 0.6) is 0 Å². The van der Waals surface area contributed by atoms with Gasteiger partial charge in [0.2, 0.25) is 0 Å². The molecular weight excluding hydrogens is 238 g/mol. The first-order chi connectivity index (χ1) is 9.29. The van der Waals surface area contributed by atoms with Crippen molar-refractivity contribution < 1.29 is 9.53 Å². The van der Waals surface area contributed by atoms with E-state index in [1.165, 1.54) is 20.0 Å². The minimum absolute atomic E-state index is 0.278. The van der Waals surface area contributed by atoms with E-state index in [0.29, 0.717) is 11.5 Å². The van der Waals surface area contributed by atoms with Crippen LogP contribution in [0.2, 0.25) is 0 Å². The quantitative estimate of drug-likeness (QED) is 0.768. The Bertz CT molecular complexity index is 615. The molecule has 1 fully saturated rings. The highest BCUT2D eigenvalue weighted by atomic mass is 16.5. The summed E-state index contributed by atoms with van der Waals surface area (Å²) in [6, 6.07) is 9.83. The molecule has 2 aromatic rings. The molecule has 1 aliphatic carbocycles. The van der Waals surface area contributed by atoms with Crippen molar-refractivity contribution in [2.75, 3.05) is 7.11 Å². The maximum Gasteiger partial charge on any atom is 0.339 e. The Kier molecular flexibility index (Phi) is 3.20. The molecule has 1 saturated carbocycles. The largest absolute Gasteiger partial charge is 0.465 e. The Hall–Kier alpha value is -1.90. The lowest BCUT2D eigenvalue weighted by molar-refractivity contribution is 0.0598. The van der Waals surface area contributed by atoms with Gasteiger partial charge >= 0.3 is 5.97 Å². The number of aromatic nitrogens is 1. The number of esters is 1. The summed E-state index contributed by atoms with van der Waals surface area (Å²) in [5, 5.41) is 0.990. The minimum atomic E-state index is -0.278. The SMILES string of the molecule is COC(=O)c1cc2ccccc2nc1C1CCCC1. The van der Waals surface area contributed by atoms with Gasteiger partial charge in [0.05, 0.1) is 23.9 Å². The highest BCUT2D eigenvalue weighted by molar-refractivity contribution is 5.95. The first kappa shape index (κ1) is 12.2. The summed E-state index contributed by atoms with van der Waals surface area (Å²) in [5.74, 6) is 0.124. The van der Waals surface area contributed by atoms with Crippen molar-refractivity contribution in [2.24, 2.45) is 0 Å². The van der Waals surface area contributed by atoms with E-state index < -0.39 is 0 Å². The second-order valence-electron chi connectivity index (χ2n) is 5.09. The fourth-order valence-corrected chi connectivity index (χ4v) is 2.91. The van der Waals surface area contributed by atoms with E-state index in [1.54, 1.807) is 0 Å². The maximum atomic E-state index is 12.0. The molecular formula is C16H17NO2. The molecule has 3 rings (SSSR count). The average Bonchev–Trinajstić information content (AvgIpc) is 2.99. The van der Waals surface area contributed by atoms with E-state index in [1.807, 2.05) is 30.3 Å². The lowest BCUT2D eigenvalue weighted by Crippen LogP contribution is -2.10. The molecule has 0 atom stereocenters. The topological polar surface area (TPSA) is 39.2 Å². The molecule has 0 bridgehead atoms. The van der Waals surface area contributed by atoms with Crippen molar-refractivity contribution in [3.63, 3.8) is 0 Å². The second-order valence-corrected chi connectivity index (χ2v) is 5.09. The van der Waals surface area contributed by atoms with Gasteiger partial charge in [-0.3, -0.25) is 4.98 Å². The predicted octanol–water partition coefficient (Wildman–Crippen LogP) is 3.68. The lowest BCUT2D eigenvalue weighted by Gasteiger charge is -2.14. The van der Waals surface area contributed by atoms with Crippen LogP contribution in [-0.2, 0) is 4.74 Å². The standard InChI is InChI=1S/C16H17NO2/c1-19-16(18)13-10-12-8-4-5-9-14(12)17-15(13)11-6-2-3-7-11/h4-5,8-11H,2-3,6-7H2,1H3. The Morgan fingerprint density at radius 1 is 1.26 bits per heavy atom. The number of carbonyl (C=O) groups excluding carboxylic acids is 1. The van der Waals surface area contributed by atoms with Crippen LogP contribution in [0.1, 0.15) is 47.7 Å². The van der Waals surface area contributed by atoms with Crippen LogP contribution in [0.4, 0.5) is 0 Å². The summed E-state index contributed by atoms with van der Waals surface area (Å²) in [6.07, 6.45) is 4.68. The summed E-state index contributed by atoms with van der Waals surface area (Å²) in [6.45, 7) is 0. The van der Waals surface area contributed by atoms with Gasteiger partial charge in [-0.2, -0.15) is 0 Å². The number of hydrogen-bond donors (Lipinski definition) is 0. The van der Waals surface area contributed by atoms with Crippen LogP contribution in [0.15, 0.2) is 30.3 Å². The van der Waals surface area contributed by atoms with Crippen molar-refractivity contribution >= 4 is 16.9 Å². The second kappa shape index (κ2) is 5.00. The molecule has 3 heteroatoms. The Morgan fingerprint density at radius 2 is 2.00 bits per heavy atom. The zero-order valence-corrected chi connectivity index (χ0v) is 11.1. The highest BCUT2D eigenvalue weighted by Gasteiger charge is 2.25. The zero-order chi connectivity index (χ0) is 13.2. The van der Waals surface area contributed by atoms with Crippen molar-refractivity contribution in [1.29, 1.82) is 0 Å². The number of carbonyl (C=O) groups is 1. The normalized spacial score (nSPS) is 15.8. The highest BCUT2D eigenvalue weighted by Crippen LogP contribution is 2.36. The molecule has 0 saturated heterocycles. The van der Waals surface area contributed by atoms with E-state index in [-0.39, 0.29) is 5.97 Å². The number of methoxy groups -OCH3 is 1. The lowest BCUT2D eigenvalue weighted by atomic mass is 9.97. The van der Waals surface area contributed by atoms with E-state index in [9.17, 15) is 4.79 Å². The van der Waals surface area contributed by atoms with Gasteiger partial charge < -0.3 is 4.74 Å². The number of rotatable bonds is 2. The van der Waals surface area contributed by atoms with E-state index in [0.717, 1.165) is 29.4 Å². The first-order valence-electron chi connectivity index (χ1n) is 6.77. The third-order valence-electron chi connectivity index (χ3n) is 3.90. The fourth-order valence-electron chi connectivity index (χ4n) is 2.91. The van der Waals surface area contributed by atoms with Gasteiger partial charge in [-0.05, 0) is 25.0 Å². The Labute approximate surface area is 112 Å². The molecule has 0 unspecified atom stereocenters. The molecule has 0 aliphatic heterocycles. The van der Waals surface area contributed by atoms with Gasteiger partial charge in [0.1, 0.15) is 0 Å². The van der Waals surface area contributed by atoms with Crippen LogP contribution in [0.3, 0.4) is 0 Å². The summed E-state index contributed by atoms with van der Waals surface area (Å²) in [5.41, 5.74) is 2.51. The average molecular weight is 255 g/mol. The zero-order valence-electron chi connectivity index (χ0n) is 11.1. The summed E-state index contributed by atoms with van der Waals surface area (Å²) in [7, 11) is 1.43. The van der Waals surface area contributed by atoms with Gasteiger partial charge in [0, 0.05) is 11.3 Å². The van der Waals surface area contributed by atoms with Crippen molar-refractivity contribution in [2.45, 2.75) is 31.6 Å². The molecule has 1 aromatic carbocycles. The van der Waals surface area contributed by atoms with Crippen LogP contribution >= 0.6 is 0 Å². The molecule has 19 heavy (non-hydrogen) atoms. The van der Waals surface area contributed by atoms with Gasteiger partial charge in [0.25, 0.3) is 0 Å². The molecule has 0 radical (unpaired) electrons. The van der Waals surface area contributed by atoms with E-state index >= 15 is 0 Å². The number of ether oxygens (including phenoxy) is 1. The van der Waals surface area contributed by atoms with Crippen LogP contribution in [0.25, 0.3) is 10.9 Å². The van der Waals surface area contributed by atoms with Gasteiger partial charge in [-0.15, -0.1) is 0 Å². The molecule has 1 heterocycles. The Morgan fingerprint density at radius 3 is 2.74 bits per heavy atom. The summed E-state index contributed by atoms with van der Waals surface area (Å²) < 4.78 is 4.91. The molecule has 0 spiro atoms. The number of para-hydroxylation sites is 1. The third kappa shape index (κ3) is 2.21. The number of nitrogens with zero attached hydrogens (tertiary/aromatic N) is 1. The molecule has 98 valence electrons. The number of fused-ring (bicyclic) bond motifs is 1. The van der Waals surface area contributed by atoms with Gasteiger partial charge in [0.15, 0.2) is 0 Å². The molecule has 1 aromatic heterocycles. The van der Waals surface area contributed by atoms with Crippen molar-refractivity contribution in [1.82, 2.24) is 4.98 Å². The molecule has 0 amide bonds. The number of pyridine rings is 1. The maximum absolute atomic E-state index is 12.0. The van der Waals surface area contributed by atoms with Crippen LogP contribution < -0.4 is 0 Å². The molecule has 0 N–H and O–H groups in total. The first-order valence-corrected chi connectivity index (χ1v) is 6.77. The monoisotopic (exact) mass is 255 g/mol. The van der Waals surface area contributed by atoms with E-state index in [4.69, 9.17) is 9.72 Å². The number of hydrogen-bond acceptors (Lipinski definition) is 3. The summed E-state index contributed by atoms with van der Waals surface area (Å²) in [4.78, 5) is 16.7. The van der Waals surface area contributed by atoms with Gasteiger partial charge in [-0.1, -0.05) is 31.0 Å². The van der Waals surface area contributed by atoms with Crippen LogP contribution in [0, 0.1) is 0 Å². The van der Waals surface area contributed by atoms with E-state index in [2.05, 4.69) is 0 Å².